The summed E-state index contributed by atoms with van der Waals surface area (Å²) in [5.41, 5.74) is 3.50. The average molecular weight is 320 g/mol. The van der Waals surface area contributed by atoms with Gasteiger partial charge >= 0.3 is 0 Å². The number of benzene rings is 2. The van der Waals surface area contributed by atoms with Crippen molar-refractivity contribution in [2.45, 2.75) is 26.3 Å². The summed E-state index contributed by atoms with van der Waals surface area (Å²) < 4.78 is 1.11. The van der Waals surface area contributed by atoms with Gasteiger partial charge in [-0.15, -0.1) is 0 Å². The summed E-state index contributed by atoms with van der Waals surface area (Å²) in [7, 11) is 0. The van der Waals surface area contributed by atoms with Gasteiger partial charge in [0.25, 0.3) is 0 Å². The molecular formula is C16H18BrNO. The molecule has 0 amide bonds. The Morgan fingerprint density at radius 2 is 1.84 bits per heavy atom. The summed E-state index contributed by atoms with van der Waals surface area (Å²) in [4.78, 5) is 0. The Hall–Kier alpha value is -1.48. The van der Waals surface area contributed by atoms with Crippen LogP contribution in [-0.4, -0.2) is 5.11 Å². The van der Waals surface area contributed by atoms with Gasteiger partial charge in [-0.3, -0.25) is 0 Å². The fourth-order valence-corrected chi connectivity index (χ4v) is 2.39. The minimum Gasteiger partial charge on any atom is -0.508 e. The lowest BCUT2D eigenvalue weighted by molar-refractivity contribution is 0.475. The zero-order valence-corrected chi connectivity index (χ0v) is 12.7. The molecule has 2 nitrogen and oxygen atoms in total. The monoisotopic (exact) mass is 319 g/mol. The molecule has 0 bridgehead atoms. The van der Waals surface area contributed by atoms with Gasteiger partial charge < -0.3 is 10.4 Å². The minimum atomic E-state index is 0.246. The molecule has 2 aromatic rings. The number of phenolic OH excluding ortho intramolecular Hbond substituents is 1. The largest absolute Gasteiger partial charge is 0.508 e. The van der Waals surface area contributed by atoms with Crippen molar-refractivity contribution in [1.29, 1.82) is 0 Å². The van der Waals surface area contributed by atoms with Gasteiger partial charge in [-0.25, -0.2) is 0 Å². The van der Waals surface area contributed by atoms with E-state index in [9.17, 15) is 5.11 Å². The quantitative estimate of drug-likeness (QED) is 0.828. The lowest BCUT2D eigenvalue weighted by atomic mass is 10.0. The Morgan fingerprint density at radius 1 is 1.16 bits per heavy atom. The first kappa shape index (κ1) is 13.9. The summed E-state index contributed by atoms with van der Waals surface area (Å²) in [6.45, 7) is 4.22. The number of hydrogen-bond acceptors (Lipinski definition) is 2. The van der Waals surface area contributed by atoms with E-state index in [1.165, 1.54) is 11.1 Å². The van der Waals surface area contributed by atoms with Crippen LogP contribution in [0.5, 0.6) is 5.75 Å². The van der Waals surface area contributed by atoms with Gasteiger partial charge in [-0.1, -0.05) is 41.1 Å². The highest BCUT2D eigenvalue weighted by Gasteiger charge is 2.09. The molecule has 0 saturated heterocycles. The van der Waals surface area contributed by atoms with Gasteiger partial charge in [0.1, 0.15) is 5.75 Å². The molecule has 100 valence electrons. The topological polar surface area (TPSA) is 32.3 Å². The zero-order valence-electron chi connectivity index (χ0n) is 11.2. The first-order valence-electron chi connectivity index (χ1n) is 6.41. The SMILES string of the molecule is CCC(Nc1ccc(C)c(Br)c1)c1ccc(O)cc1. The van der Waals surface area contributed by atoms with Gasteiger partial charge in [-0.2, -0.15) is 0 Å². The summed E-state index contributed by atoms with van der Waals surface area (Å²) >= 11 is 3.55. The maximum atomic E-state index is 9.34. The smallest absolute Gasteiger partial charge is 0.115 e. The van der Waals surface area contributed by atoms with Gasteiger partial charge in [-0.05, 0) is 48.7 Å². The van der Waals surface area contributed by atoms with E-state index in [0.29, 0.717) is 5.75 Å². The van der Waals surface area contributed by atoms with Crippen LogP contribution in [0.2, 0.25) is 0 Å². The molecule has 2 rings (SSSR count). The van der Waals surface area contributed by atoms with Crippen molar-refractivity contribution in [3.8, 4) is 5.75 Å². The number of halogens is 1. The highest BCUT2D eigenvalue weighted by molar-refractivity contribution is 9.10. The zero-order chi connectivity index (χ0) is 13.8. The number of aromatic hydroxyl groups is 1. The van der Waals surface area contributed by atoms with Crippen molar-refractivity contribution < 1.29 is 5.11 Å². The molecular weight excluding hydrogens is 302 g/mol. The van der Waals surface area contributed by atoms with E-state index >= 15 is 0 Å². The average Bonchev–Trinajstić information content (AvgIpc) is 2.41. The summed E-state index contributed by atoms with van der Waals surface area (Å²) in [6.07, 6.45) is 0.982. The van der Waals surface area contributed by atoms with Crippen LogP contribution >= 0.6 is 15.9 Å². The Bertz CT molecular complexity index is 551. The van der Waals surface area contributed by atoms with E-state index in [0.717, 1.165) is 16.6 Å². The molecule has 0 heterocycles. The van der Waals surface area contributed by atoms with Crippen molar-refractivity contribution in [1.82, 2.24) is 0 Å². The Balaban J connectivity index is 2.18. The molecule has 0 saturated carbocycles. The van der Waals surface area contributed by atoms with Gasteiger partial charge in [0.2, 0.25) is 0 Å². The normalized spacial score (nSPS) is 12.2. The second-order valence-electron chi connectivity index (χ2n) is 4.66. The van der Waals surface area contributed by atoms with Crippen LogP contribution in [0.25, 0.3) is 0 Å². The molecule has 0 aliphatic heterocycles. The Kier molecular flexibility index (Phi) is 4.48. The van der Waals surface area contributed by atoms with Crippen LogP contribution in [0, 0.1) is 6.92 Å². The lowest BCUT2D eigenvalue weighted by Crippen LogP contribution is -2.09. The first-order valence-corrected chi connectivity index (χ1v) is 7.21. The molecule has 0 spiro atoms. The fraction of sp³-hybridized carbons (Fsp3) is 0.250. The van der Waals surface area contributed by atoms with Crippen molar-refractivity contribution in [3.05, 3.63) is 58.1 Å². The van der Waals surface area contributed by atoms with Crippen molar-refractivity contribution in [2.75, 3.05) is 5.32 Å². The molecule has 1 atom stereocenters. The molecule has 2 aromatic carbocycles. The highest BCUT2D eigenvalue weighted by Crippen LogP contribution is 2.27. The molecule has 19 heavy (non-hydrogen) atoms. The predicted octanol–water partition coefficient (Wildman–Crippen LogP) is 5.03. The number of nitrogens with one attached hydrogen (secondary N) is 1. The third kappa shape index (κ3) is 3.51. The van der Waals surface area contributed by atoms with Crippen LogP contribution in [0.4, 0.5) is 5.69 Å². The van der Waals surface area contributed by atoms with E-state index in [2.05, 4.69) is 53.3 Å². The molecule has 0 fully saturated rings. The molecule has 0 aliphatic rings. The first-order chi connectivity index (χ1) is 9.10. The van der Waals surface area contributed by atoms with E-state index in [1.54, 1.807) is 12.1 Å². The summed E-state index contributed by atoms with van der Waals surface area (Å²) in [6, 6.07) is 13.9. The number of anilines is 1. The molecule has 2 N–H and O–H groups in total. The second-order valence-corrected chi connectivity index (χ2v) is 5.52. The van der Waals surface area contributed by atoms with Crippen LogP contribution in [-0.2, 0) is 0 Å². The Morgan fingerprint density at radius 3 is 2.42 bits per heavy atom. The van der Waals surface area contributed by atoms with E-state index < -0.39 is 0 Å². The maximum Gasteiger partial charge on any atom is 0.115 e. The van der Waals surface area contributed by atoms with Crippen molar-refractivity contribution in [2.24, 2.45) is 0 Å². The van der Waals surface area contributed by atoms with E-state index in [1.807, 2.05) is 12.1 Å². The van der Waals surface area contributed by atoms with Crippen LogP contribution in [0.15, 0.2) is 46.9 Å². The molecule has 1 unspecified atom stereocenters. The fourth-order valence-electron chi connectivity index (χ4n) is 2.01. The van der Waals surface area contributed by atoms with Crippen molar-refractivity contribution >= 4 is 21.6 Å². The predicted molar refractivity (Wildman–Crippen MR) is 83.6 cm³/mol. The van der Waals surface area contributed by atoms with E-state index in [-0.39, 0.29) is 6.04 Å². The summed E-state index contributed by atoms with van der Waals surface area (Å²) in [5, 5.41) is 12.9. The van der Waals surface area contributed by atoms with Crippen LogP contribution in [0.1, 0.15) is 30.5 Å². The van der Waals surface area contributed by atoms with Crippen LogP contribution < -0.4 is 5.32 Å². The molecule has 3 heteroatoms. The Labute approximate surface area is 122 Å². The number of rotatable bonds is 4. The number of phenols is 1. The second kappa shape index (κ2) is 6.11. The lowest BCUT2D eigenvalue weighted by Gasteiger charge is -2.19. The number of hydrogen-bond donors (Lipinski definition) is 2. The molecule has 0 aliphatic carbocycles. The van der Waals surface area contributed by atoms with Gasteiger partial charge in [0, 0.05) is 10.2 Å². The van der Waals surface area contributed by atoms with Crippen LogP contribution in [0.3, 0.4) is 0 Å². The third-order valence-corrected chi connectivity index (χ3v) is 4.07. The minimum absolute atomic E-state index is 0.246. The van der Waals surface area contributed by atoms with Crippen molar-refractivity contribution in [3.63, 3.8) is 0 Å². The standard InChI is InChI=1S/C16H18BrNO/c1-3-16(12-5-8-14(19)9-6-12)18-13-7-4-11(2)15(17)10-13/h4-10,16,18-19H,3H2,1-2H3. The third-order valence-electron chi connectivity index (χ3n) is 3.22. The number of aryl methyl sites for hydroxylation is 1. The highest BCUT2D eigenvalue weighted by atomic mass is 79.9. The van der Waals surface area contributed by atoms with Gasteiger partial charge in [0.05, 0.1) is 6.04 Å². The molecule has 0 aromatic heterocycles. The van der Waals surface area contributed by atoms with Gasteiger partial charge in [0.15, 0.2) is 0 Å². The van der Waals surface area contributed by atoms with E-state index in [4.69, 9.17) is 0 Å². The molecule has 0 radical (unpaired) electrons. The summed E-state index contributed by atoms with van der Waals surface area (Å²) in [5.74, 6) is 0.302. The maximum absolute atomic E-state index is 9.34.